The summed E-state index contributed by atoms with van der Waals surface area (Å²) in [5.41, 5.74) is 5.48. The summed E-state index contributed by atoms with van der Waals surface area (Å²) in [5.74, 6) is 0.410. The van der Waals surface area contributed by atoms with Gasteiger partial charge in [0.1, 0.15) is 30.7 Å². The van der Waals surface area contributed by atoms with Gasteiger partial charge in [0.05, 0.1) is 6.61 Å². The Labute approximate surface area is 276 Å². The number of anilines is 1. The van der Waals surface area contributed by atoms with Gasteiger partial charge in [-0.25, -0.2) is 13.9 Å². The van der Waals surface area contributed by atoms with Gasteiger partial charge in [-0.1, -0.05) is 19.4 Å². The lowest BCUT2D eigenvalue weighted by Gasteiger charge is -2.58. The van der Waals surface area contributed by atoms with Gasteiger partial charge in [-0.05, 0) is 85.7 Å². The van der Waals surface area contributed by atoms with E-state index >= 15 is 0 Å². The minimum absolute atomic E-state index is 0.0121. The molecule has 2 heterocycles. The molecule has 1 saturated heterocycles. The van der Waals surface area contributed by atoms with Gasteiger partial charge in [-0.15, -0.1) is 0 Å². The molecule has 8 unspecified atom stereocenters. The minimum atomic E-state index is -5.33. The van der Waals surface area contributed by atoms with E-state index in [1.54, 1.807) is 0 Å². The van der Waals surface area contributed by atoms with E-state index in [-0.39, 0.29) is 28.3 Å². The van der Waals surface area contributed by atoms with Gasteiger partial charge in [-0.3, -0.25) is 23.2 Å². The smallest absolute Gasteiger partial charge is 0.387 e. The maximum atomic E-state index is 13.4. The second-order valence-corrected chi connectivity index (χ2v) is 17.3. The van der Waals surface area contributed by atoms with Crippen LogP contribution in [0.25, 0.3) is 0 Å². The lowest BCUT2D eigenvalue weighted by atomic mass is 9.46. The van der Waals surface area contributed by atoms with Crippen molar-refractivity contribution in [3.8, 4) is 0 Å². The SMILES string of the molecule is CC12CCC(=O)C=C1CCC1C2CCC2(C)C1CC[C@@H]2C(=O)COP(=O)(O)OP(=O)(O)OC[C@H]1OC(n2ccc(N)nc2=O)[C@@H](O)[C@@H]1O. The summed E-state index contributed by atoms with van der Waals surface area (Å²) in [6, 6.07) is 1.26. The fraction of sp³-hybridized carbons (Fsp3) is 0.733. The summed E-state index contributed by atoms with van der Waals surface area (Å²) in [6.07, 6.45) is 3.17. The van der Waals surface area contributed by atoms with Crippen molar-refractivity contribution in [1.29, 1.82) is 0 Å². The summed E-state index contributed by atoms with van der Waals surface area (Å²) in [4.78, 5) is 61.5. The third-order valence-corrected chi connectivity index (χ3v) is 14.4. The summed E-state index contributed by atoms with van der Waals surface area (Å²) >= 11 is 0. The number of nitrogens with zero attached hydrogens (tertiary/aromatic N) is 2. The highest BCUT2D eigenvalue weighted by atomic mass is 31.3. The maximum Gasteiger partial charge on any atom is 0.481 e. The molecule has 5 aliphatic rings. The molecule has 12 atom stereocenters. The Morgan fingerprint density at radius 2 is 1.77 bits per heavy atom. The molecule has 1 aromatic heterocycles. The Morgan fingerprint density at radius 3 is 2.50 bits per heavy atom. The minimum Gasteiger partial charge on any atom is -0.387 e. The molecule has 16 nitrogen and oxygen atoms in total. The molecule has 3 saturated carbocycles. The monoisotopic (exact) mass is 715 g/mol. The zero-order valence-electron chi connectivity index (χ0n) is 26.8. The number of Topliss-reactive ketones (excluding diaryl/α,β-unsaturated/α-hetero) is 1. The Bertz CT molecular complexity index is 1650. The van der Waals surface area contributed by atoms with Gasteiger partial charge in [0, 0.05) is 18.5 Å². The van der Waals surface area contributed by atoms with Gasteiger partial charge in [-0.2, -0.15) is 9.29 Å². The fourth-order valence-electron chi connectivity index (χ4n) is 9.40. The lowest BCUT2D eigenvalue weighted by Crippen LogP contribution is -2.51. The fourth-order valence-corrected chi connectivity index (χ4v) is 11.4. The van der Waals surface area contributed by atoms with Gasteiger partial charge in [0.15, 0.2) is 17.8 Å². The quantitative estimate of drug-likeness (QED) is 0.218. The number of hydrogen-bond donors (Lipinski definition) is 5. The molecule has 266 valence electrons. The molecule has 0 aromatic carbocycles. The van der Waals surface area contributed by atoms with Crippen molar-refractivity contribution in [2.24, 2.45) is 34.5 Å². The van der Waals surface area contributed by atoms with Crippen molar-refractivity contribution in [3.05, 3.63) is 34.4 Å². The Hall–Kier alpha value is -2.10. The molecule has 4 aliphatic carbocycles. The van der Waals surface area contributed by atoms with E-state index in [0.29, 0.717) is 24.7 Å². The third kappa shape index (κ3) is 6.57. The van der Waals surface area contributed by atoms with E-state index in [2.05, 4.69) is 23.1 Å². The largest absolute Gasteiger partial charge is 0.481 e. The first-order chi connectivity index (χ1) is 22.4. The van der Waals surface area contributed by atoms with Crippen LogP contribution in [0.4, 0.5) is 5.82 Å². The van der Waals surface area contributed by atoms with Crippen LogP contribution in [-0.2, 0) is 36.8 Å². The molecule has 0 radical (unpaired) electrons. The van der Waals surface area contributed by atoms with Crippen molar-refractivity contribution in [3.63, 3.8) is 0 Å². The summed E-state index contributed by atoms with van der Waals surface area (Å²) < 4.78 is 45.5. The third-order valence-electron chi connectivity index (χ3n) is 11.8. The molecular formula is C30H43N3O13P2. The molecule has 1 aromatic rings. The molecule has 0 spiro atoms. The number of allylic oxidation sites excluding steroid dienone is 1. The van der Waals surface area contributed by atoms with E-state index in [1.807, 2.05) is 6.08 Å². The van der Waals surface area contributed by atoms with Crippen LogP contribution in [0, 0.1) is 34.5 Å². The number of phosphoric acid groups is 2. The molecule has 18 heteroatoms. The number of carbonyl (C=O) groups is 2. The van der Waals surface area contributed by atoms with Crippen LogP contribution < -0.4 is 11.4 Å². The van der Waals surface area contributed by atoms with Crippen LogP contribution in [0.1, 0.15) is 71.4 Å². The maximum absolute atomic E-state index is 13.4. The predicted octanol–water partition coefficient (Wildman–Crippen LogP) is 2.41. The number of phosphoric ester groups is 2. The Balaban J connectivity index is 1.02. The van der Waals surface area contributed by atoms with E-state index in [1.165, 1.54) is 17.8 Å². The molecule has 6 rings (SSSR count). The predicted molar refractivity (Wildman–Crippen MR) is 167 cm³/mol. The van der Waals surface area contributed by atoms with Crippen LogP contribution in [0.15, 0.2) is 28.7 Å². The first kappa shape index (κ1) is 35.7. The number of nitrogen functional groups attached to an aromatic ring is 1. The van der Waals surface area contributed by atoms with Crippen molar-refractivity contribution in [2.45, 2.75) is 89.8 Å². The van der Waals surface area contributed by atoms with Crippen LogP contribution in [0.5, 0.6) is 0 Å². The van der Waals surface area contributed by atoms with Gasteiger partial charge in [0.25, 0.3) is 0 Å². The highest BCUT2D eigenvalue weighted by Crippen LogP contribution is 2.67. The van der Waals surface area contributed by atoms with Crippen LogP contribution in [-0.4, -0.2) is 72.6 Å². The van der Waals surface area contributed by atoms with Crippen molar-refractivity contribution in [2.75, 3.05) is 18.9 Å². The summed E-state index contributed by atoms with van der Waals surface area (Å²) in [7, 11) is -10.6. The molecule has 0 bridgehead atoms. The first-order valence-electron chi connectivity index (χ1n) is 16.2. The number of fused-ring (bicyclic) bond motifs is 5. The van der Waals surface area contributed by atoms with E-state index < -0.39 is 70.8 Å². The standard InChI is InChI=1S/C30H43N3O13P2/c1-29-10-7-17(34)13-16(29)3-4-18-19-5-6-21(30(19,2)11-8-20(18)29)22(35)14-43-47(39,40)46-48(41,42)44-15-23-25(36)26(37)27(45-23)33-12-9-24(31)32-28(33)38/h9,12-13,18-21,23,25-27,36-37H,3-8,10-11,14-15H2,1-2H3,(H,39,40)(H,41,42)(H2,31,32,38)/t18?,19?,20?,21-,23-,25-,26+,27?,29?,30?/m1/s1. The highest BCUT2D eigenvalue weighted by Gasteiger charge is 2.60. The highest BCUT2D eigenvalue weighted by molar-refractivity contribution is 7.61. The zero-order valence-corrected chi connectivity index (χ0v) is 28.5. The lowest BCUT2D eigenvalue weighted by molar-refractivity contribution is -0.133. The number of ketones is 2. The number of rotatable bonds is 10. The second-order valence-electron chi connectivity index (χ2n) is 14.3. The number of aliphatic hydroxyl groups excluding tert-OH is 2. The van der Waals surface area contributed by atoms with E-state index in [0.717, 1.165) is 43.1 Å². The van der Waals surface area contributed by atoms with Gasteiger partial charge < -0.3 is 30.5 Å². The number of hydrogen-bond acceptors (Lipinski definition) is 13. The molecule has 0 amide bonds. The molecule has 1 aliphatic heterocycles. The summed E-state index contributed by atoms with van der Waals surface area (Å²) in [5, 5.41) is 20.7. The summed E-state index contributed by atoms with van der Waals surface area (Å²) in [6.45, 7) is 2.68. The number of nitrogens with two attached hydrogens (primary N) is 1. The second kappa shape index (κ2) is 12.9. The molecule has 6 N–H and O–H groups in total. The van der Waals surface area contributed by atoms with Crippen LogP contribution in [0.3, 0.4) is 0 Å². The zero-order chi connectivity index (χ0) is 34.8. The number of aromatic nitrogens is 2. The number of ether oxygens (including phenoxy) is 1. The van der Waals surface area contributed by atoms with E-state index in [9.17, 15) is 43.5 Å². The average molecular weight is 716 g/mol. The van der Waals surface area contributed by atoms with Crippen LogP contribution >= 0.6 is 15.6 Å². The topological polar surface area (TPSA) is 247 Å². The normalized spacial score (nSPS) is 40.2. The number of carbonyl (C=O) groups excluding carboxylic acids is 2. The molecule has 48 heavy (non-hydrogen) atoms. The number of aliphatic hydroxyl groups is 2. The van der Waals surface area contributed by atoms with Crippen molar-refractivity contribution in [1.82, 2.24) is 9.55 Å². The average Bonchev–Trinajstić information content (AvgIpc) is 3.50. The van der Waals surface area contributed by atoms with Crippen molar-refractivity contribution < 1.29 is 56.8 Å². The molecule has 4 fully saturated rings. The Kier molecular flexibility index (Phi) is 9.60. The van der Waals surface area contributed by atoms with E-state index in [4.69, 9.17) is 19.5 Å². The van der Waals surface area contributed by atoms with Crippen molar-refractivity contribution >= 4 is 33.0 Å². The Morgan fingerprint density at radius 1 is 1.04 bits per heavy atom. The first-order valence-corrected chi connectivity index (χ1v) is 19.2. The molecular weight excluding hydrogens is 672 g/mol. The van der Waals surface area contributed by atoms with Gasteiger partial charge >= 0.3 is 21.3 Å². The van der Waals surface area contributed by atoms with Crippen LogP contribution in [0.2, 0.25) is 0 Å². The van der Waals surface area contributed by atoms with Gasteiger partial charge in [0.2, 0.25) is 0 Å².